The summed E-state index contributed by atoms with van der Waals surface area (Å²) in [4.78, 5) is 26.1. The summed E-state index contributed by atoms with van der Waals surface area (Å²) in [5, 5.41) is 0. The Morgan fingerprint density at radius 2 is 1.46 bits per heavy atom. The lowest BCUT2D eigenvalue weighted by Gasteiger charge is -2.51. The second kappa shape index (κ2) is 8.78. The molecule has 2 aliphatic heterocycles. The smallest absolute Gasteiger partial charge is 0.322 e. The van der Waals surface area contributed by atoms with E-state index in [9.17, 15) is 9.59 Å². The fraction of sp³-hybridized carbons (Fsp3) is 0.889. The third kappa shape index (κ3) is 3.64. The zero-order valence-electron chi connectivity index (χ0n) is 15.5. The Morgan fingerprint density at radius 3 is 2.15 bits per heavy atom. The molecule has 2 unspecified atom stereocenters. The molecule has 26 heavy (non-hydrogen) atoms. The van der Waals surface area contributed by atoms with E-state index in [4.69, 9.17) is 9.47 Å². The van der Waals surface area contributed by atoms with Crippen LogP contribution in [0.25, 0.3) is 0 Å². The van der Waals surface area contributed by atoms with Crippen LogP contribution < -0.4 is 0 Å². The molecule has 3 aliphatic rings. The summed E-state index contributed by atoms with van der Waals surface area (Å²) in [6.45, 7) is 0. The molecule has 1 aliphatic carbocycles. The first kappa shape index (κ1) is 21.1. The van der Waals surface area contributed by atoms with E-state index < -0.39 is 10.2 Å². The van der Waals surface area contributed by atoms with E-state index >= 15 is 0 Å². The first-order chi connectivity index (χ1) is 12.5. The molecule has 8 heteroatoms. The van der Waals surface area contributed by atoms with Gasteiger partial charge in [-0.15, -0.1) is 35.3 Å². The Morgan fingerprint density at radius 1 is 0.808 bits per heavy atom. The van der Waals surface area contributed by atoms with E-state index in [2.05, 4.69) is 0 Å². The average Bonchev–Trinajstić information content (AvgIpc) is 2.82. The van der Waals surface area contributed by atoms with Crippen molar-refractivity contribution in [1.29, 1.82) is 0 Å². The van der Waals surface area contributed by atoms with Gasteiger partial charge in [0.2, 0.25) is 0 Å². The van der Waals surface area contributed by atoms with Crippen molar-refractivity contribution in [3.8, 4) is 0 Å². The molecule has 0 aromatic rings. The number of fused-ring (bicyclic) bond motifs is 1. The van der Waals surface area contributed by atoms with Crippen LogP contribution in [-0.4, -0.2) is 63.7 Å². The maximum absolute atomic E-state index is 13.2. The molecule has 0 aromatic heterocycles. The van der Waals surface area contributed by atoms with Gasteiger partial charge in [-0.25, -0.2) is 0 Å². The maximum atomic E-state index is 13.2. The number of hydrogen-bond acceptors (Lipinski definition) is 8. The second-order valence-corrected chi connectivity index (χ2v) is 12.8. The average molecular weight is 437 g/mol. The predicted octanol–water partition coefficient (Wildman–Crippen LogP) is 4.07. The molecule has 1 spiro atoms. The van der Waals surface area contributed by atoms with Gasteiger partial charge < -0.3 is 9.47 Å². The van der Waals surface area contributed by atoms with Gasteiger partial charge in [-0.3, -0.25) is 9.59 Å². The van der Waals surface area contributed by atoms with Gasteiger partial charge in [0.05, 0.1) is 18.3 Å². The molecule has 4 nitrogen and oxygen atoms in total. The van der Waals surface area contributed by atoms with Gasteiger partial charge in [-0.05, 0) is 55.1 Å². The van der Waals surface area contributed by atoms with Crippen LogP contribution in [-0.2, 0) is 19.1 Å². The van der Waals surface area contributed by atoms with E-state index in [1.165, 1.54) is 14.2 Å². The van der Waals surface area contributed by atoms with E-state index in [1.807, 2.05) is 35.3 Å². The summed E-state index contributed by atoms with van der Waals surface area (Å²) in [7, 11) is 3.01. The van der Waals surface area contributed by atoms with E-state index in [1.54, 1.807) is 11.8 Å². The molecule has 0 aromatic carbocycles. The van der Waals surface area contributed by atoms with Gasteiger partial charge >= 0.3 is 11.9 Å². The number of esters is 2. The molecule has 2 atom stereocenters. The number of thioether (sulfide) groups is 4. The van der Waals surface area contributed by atoms with E-state index in [0.29, 0.717) is 6.42 Å². The fourth-order valence-electron chi connectivity index (χ4n) is 4.36. The summed E-state index contributed by atoms with van der Waals surface area (Å²) < 4.78 is 9.82. The molecular weight excluding hydrogens is 408 g/mol. The first-order valence-electron chi connectivity index (χ1n) is 9.21. The normalized spacial score (nSPS) is 34.7. The number of carbonyl (C=O) groups excluding carboxylic acids is 2. The summed E-state index contributed by atoms with van der Waals surface area (Å²) in [6, 6.07) is 0. The third-order valence-corrected chi connectivity index (χ3v) is 12.2. The van der Waals surface area contributed by atoms with Crippen molar-refractivity contribution >= 4 is 59.0 Å². The zero-order chi connectivity index (χ0) is 18.7. The SMILES string of the molecule is COC(=O)C12CCCC(C(=O)OC)(CSCCCS1)C1(C2)SCCCS1. The molecule has 3 rings (SSSR count). The Labute approximate surface area is 173 Å². The summed E-state index contributed by atoms with van der Waals surface area (Å²) >= 11 is 7.45. The van der Waals surface area contributed by atoms with Crippen molar-refractivity contribution in [1.82, 2.24) is 0 Å². The summed E-state index contributed by atoms with van der Waals surface area (Å²) in [5.41, 5.74) is -0.532. The number of methoxy groups -OCH3 is 2. The lowest BCUT2D eigenvalue weighted by molar-refractivity contribution is -0.153. The minimum Gasteiger partial charge on any atom is -0.469 e. The third-order valence-electron chi connectivity index (χ3n) is 5.68. The molecule has 0 N–H and O–H groups in total. The first-order valence-corrected chi connectivity index (χ1v) is 13.3. The van der Waals surface area contributed by atoms with Gasteiger partial charge in [0.15, 0.2) is 0 Å². The molecule has 1 saturated carbocycles. The van der Waals surface area contributed by atoms with Crippen LogP contribution in [0.15, 0.2) is 0 Å². The van der Waals surface area contributed by atoms with Gasteiger partial charge in [0.25, 0.3) is 0 Å². The monoisotopic (exact) mass is 436 g/mol. The molecule has 0 radical (unpaired) electrons. The minimum absolute atomic E-state index is 0.0851. The maximum Gasteiger partial charge on any atom is 0.322 e. The largest absolute Gasteiger partial charge is 0.469 e. The Bertz CT molecular complexity index is 537. The van der Waals surface area contributed by atoms with Gasteiger partial charge in [0.1, 0.15) is 10.2 Å². The molecule has 0 amide bonds. The van der Waals surface area contributed by atoms with Crippen molar-refractivity contribution in [3.63, 3.8) is 0 Å². The Balaban J connectivity index is 2.12. The van der Waals surface area contributed by atoms with E-state index in [-0.39, 0.29) is 16.0 Å². The van der Waals surface area contributed by atoms with Crippen LogP contribution in [0, 0.1) is 5.41 Å². The molecular formula is C18H28O4S4. The highest BCUT2D eigenvalue weighted by Crippen LogP contribution is 2.64. The lowest BCUT2D eigenvalue weighted by Crippen LogP contribution is -2.55. The summed E-state index contributed by atoms with van der Waals surface area (Å²) in [6.07, 6.45) is 5.35. The van der Waals surface area contributed by atoms with E-state index in [0.717, 1.165) is 60.9 Å². The van der Waals surface area contributed by atoms with Crippen LogP contribution in [0.4, 0.5) is 0 Å². The van der Waals surface area contributed by atoms with Gasteiger partial charge in [0, 0.05) is 5.75 Å². The molecule has 2 saturated heterocycles. The van der Waals surface area contributed by atoms with Gasteiger partial charge in [-0.2, -0.15) is 11.8 Å². The van der Waals surface area contributed by atoms with Crippen molar-refractivity contribution in [2.45, 2.75) is 47.4 Å². The van der Waals surface area contributed by atoms with Crippen molar-refractivity contribution < 1.29 is 19.1 Å². The van der Waals surface area contributed by atoms with Crippen LogP contribution in [0.5, 0.6) is 0 Å². The Hall–Kier alpha value is 0.340. The zero-order valence-corrected chi connectivity index (χ0v) is 18.8. The molecule has 3 fully saturated rings. The highest BCUT2D eigenvalue weighted by molar-refractivity contribution is 8.19. The topological polar surface area (TPSA) is 52.6 Å². The predicted molar refractivity (Wildman–Crippen MR) is 114 cm³/mol. The standard InChI is InChI=1S/C18H28O4S4/c1-21-14(19)16-6-3-7-17(15(20)22-2,24-9-4-8-23-13-16)12-18(16)25-10-5-11-26-18/h3-13H2,1-2H3. The Kier molecular flexibility index (Phi) is 7.11. The van der Waals surface area contributed by atoms with Crippen LogP contribution in [0.1, 0.15) is 38.5 Å². The number of carbonyl (C=O) groups is 2. The van der Waals surface area contributed by atoms with Crippen LogP contribution in [0.2, 0.25) is 0 Å². The number of ether oxygens (including phenoxy) is 2. The van der Waals surface area contributed by atoms with Crippen LogP contribution >= 0.6 is 47.0 Å². The molecule has 2 bridgehead atoms. The quantitative estimate of drug-likeness (QED) is 0.601. The van der Waals surface area contributed by atoms with Crippen LogP contribution in [0.3, 0.4) is 0 Å². The highest BCUT2D eigenvalue weighted by atomic mass is 32.2. The fourth-order valence-corrected chi connectivity index (χ4v) is 11.8. The van der Waals surface area contributed by atoms with Crippen molar-refractivity contribution in [2.75, 3.05) is 43.0 Å². The van der Waals surface area contributed by atoms with Crippen molar-refractivity contribution in [2.24, 2.45) is 5.41 Å². The molecule has 148 valence electrons. The van der Waals surface area contributed by atoms with Crippen molar-refractivity contribution in [3.05, 3.63) is 0 Å². The number of hydrogen-bond donors (Lipinski definition) is 0. The highest BCUT2D eigenvalue weighted by Gasteiger charge is 2.64. The lowest BCUT2D eigenvalue weighted by atomic mass is 9.80. The minimum atomic E-state index is -0.538. The number of rotatable bonds is 2. The van der Waals surface area contributed by atoms with Gasteiger partial charge in [-0.1, -0.05) is 6.42 Å². The second-order valence-electron chi connectivity index (χ2n) is 7.15. The molecule has 2 heterocycles. The summed E-state index contributed by atoms with van der Waals surface area (Å²) in [5.74, 6) is 4.67.